The Morgan fingerprint density at radius 3 is 2.89 bits per heavy atom. The number of hydrogen-bond donors (Lipinski definition) is 2. The van der Waals surface area contributed by atoms with Gasteiger partial charge in [-0.15, -0.1) is 0 Å². The summed E-state index contributed by atoms with van der Waals surface area (Å²) in [6, 6.07) is 4.64. The van der Waals surface area contributed by atoms with Crippen molar-refractivity contribution in [3.63, 3.8) is 0 Å². The second-order valence-electron chi connectivity index (χ2n) is 4.32. The van der Waals surface area contributed by atoms with Gasteiger partial charge in [0, 0.05) is 20.3 Å². The van der Waals surface area contributed by atoms with Crippen LogP contribution in [0.25, 0.3) is 11.0 Å². The lowest BCUT2D eigenvalue weighted by Gasteiger charge is -2.03. The van der Waals surface area contributed by atoms with Crippen molar-refractivity contribution in [3.05, 3.63) is 34.2 Å². The molecule has 0 saturated carbocycles. The molecule has 0 aliphatic carbocycles. The first-order chi connectivity index (χ1) is 9.13. The highest BCUT2D eigenvalue weighted by Gasteiger charge is 2.09. The molecule has 102 valence electrons. The molecule has 2 aromatic rings. The van der Waals surface area contributed by atoms with E-state index in [4.69, 9.17) is 9.84 Å². The number of carboxylic acid groups (broad SMARTS) is 1. The number of nitrogens with zero attached hydrogens (tertiary/aromatic N) is 1. The van der Waals surface area contributed by atoms with Crippen LogP contribution in [0.15, 0.2) is 23.0 Å². The summed E-state index contributed by atoms with van der Waals surface area (Å²) in [5, 5.41) is 8.91. The maximum atomic E-state index is 11.8. The van der Waals surface area contributed by atoms with Crippen LogP contribution in [-0.4, -0.2) is 34.3 Å². The topological polar surface area (TPSA) is 84.3 Å². The van der Waals surface area contributed by atoms with Gasteiger partial charge in [-0.1, -0.05) is 0 Å². The Morgan fingerprint density at radius 2 is 2.21 bits per heavy atom. The number of aryl methyl sites for hydroxylation is 1. The third-order valence-corrected chi connectivity index (χ3v) is 3.00. The van der Waals surface area contributed by atoms with Crippen LogP contribution in [0.2, 0.25) is 0 Å². The molecule has 0 saturated heterocycles. The van der Waals surface area contributed by atoms with E-state index in [2.05, 4.69) is 4.98 Å². The second kappa shape index (κ2) is 5.71. The Kier molecular flexibility index (Phi) is 4.01. The van der Waals surface area contributed by atoms with Crippen molar-refractivity contribution < 1.29 is 14.6 Å². The number of methoxy groups -OCH3 is 1. The molecule has 0 unspecified atom stereocenters. The third kappa shape index (κ3) is 2.85. The Bertz CT molecular complexity index is 642. The van der Waals surface area contributed by atoms with Gasteiger partial charge in [-0.2, -0.15) is 0 Å². The Balaban J connectivity index is 2.27. The number of aromatic nitrogens is 2. The van der Waals surface area contributed by atoms with Crippen molar-refractivity contribution >= 4 is 17.0 Å². The van der Waals surface area contributed by atoms with Gasteiger partial charge in [-0.05, 0) is 31.0 Å². The summed E-state index contributed by atoms with van der Waals surface area (Å²) in [7, 11) is 1.64. The number of nitrogens with one attached hydrogen (secondary N) is 1. The highest BCUT2D eigenvalue weighted by atomic mass is 16.5. The maximum absolute atomic E-state index is 11.8. The first-order valence-corrected chi connectivity index (χ1v) is 6.08. The van der Waals surface area contributed by atoms with E-state index in [0.717, 1.165) is 18.4 Å². The Labute approximate surface area is 109 Å². The number of ether oxygens (including phenoxy) is 1. The minimum Gasteiger partial charge on any atom is -0.478 e. The molecule has 0 aliphatic rings. The lowest BCUT2D eigenvalue weighted by atomic mass is 10.2. The van der Waals surface area contributed by atoms with Gasteiger partial charge in [-0.3, -0.25) is 4.57 Å². The summed E-state index contributed by atoms with van der Waals surface area (Å²) in [6.07, 6.45) is 1.71. The summed E-state index contributed by atoms with van der Waals surface area (Å²) in [5.41, 5.74) is 1.24. The molecule has 0 aliphatic heterocycles. The molecule has 0 fully saturated rings. The largest absolute Gasteiger partial charge is 0.478 e. The van der Waals surface area contributed by atoms with Crippen molar-refractivity contribution in [2.45, 2.75) is 19.4 Å². The van der Waals surface area contributed by atoms with E-state index in [9.17, 15) is 9.59 Å². The molecule has 2 N–H and O–H groups in total. The fourth-order valence-electron chi connectivity index (χ4n) is 2.03. The molecule has 0 spiro atoms. The van der Waals surface area contributed by atoms with E-state index in [-0.39, 0.29) is 11.3 Å². The normalized spacial score (nSPS) is 11.0. The van der Waals surface area contributed by atoms with Gasteiger partial charge in [0.15, 0.2) is 0 Å². The van der Waals surface area contributed by atoms with E-state index in [1.54, 1.807) is 17.7 Å². The van der Waals surface area contributed by atoms with E-state index in [1.807, 2.05) is 0 Å². The predicted molar refractivity (Wildman–Crippen MR) is 70.6 cm³/mol. The number of benzene rings is 1. The summed E-state index contributed by atoms with van der Waals surface area (Å²) in [4.78, 5) is 25.4. The van der Waals surface area contributed by atoms with E-state index < -0.39 is 5.97 Å². The molecule has 2 rings (SSSR count). The average molecular weight is 264 g/mol. The molecular weight excluding hydrogens is 248 g/mol. The van der Waals surface area contributed by atoms with Crippen LogP contribution in [-0.2, 0) is 11.3 Å². The summed E-state index contributed by atoms with van der Waals surface area (Å²) >= 11 is 0. The number of carboxylic acids is 1. The highest BCUT2D eigenvalue weighted by Crippen LogP contribution is 2.13. The van der Waals surface area contributed by atoms with E-state index in [1.165, 1.54) is 12.1 Å². The highest BCUT2D eigenvalue weighted by molar-refractivity contribution is 5.92. The zero-order valence-electron chi connectivity index (χ0n) is 10.7. The van der Waals surface area contributed by atoms with Gasteiger partial charge in [-0.25, -0.2) is 9.59 Å². The Morgan fingerprint density at radius 1 is 1.42 bits per heavy atom. The number of imidazole rings is 1. The van der Waals surface area contributed by atoms with Crippen LogP contribution < -0.4 is 5.69 Å². The van der Waals surface area contributed by atoms with Gasteiger partial charge < -0.3 is 14.8 Å². The number of fused-ring (bicyclic) bond motifs is 1. The molecule has 1 heterocycles. The maximum Gasteiger partial charge on any atom is 0.335 e. The zero-order valence-corrected chi connectivity index (χ0v) is 10.7. The quantitative estimate of drug-likeness (QED) is 0.773. The van der Waals surface area contributed by atoms with Gasteiger partial charge >= 0.3 is 11.7 Å². The minimum atomic E-state index is -1.00. The first-order valence-electron chi connectivity index (χ1n) is 6.08. The molecule has 6 nitrogen and oxygen atoms in total. The third-order valence-electron chi connectivity index (χ3n) is 3.00. The number of hydrogen-bond acceptors (Lipinski definition) is 3. The number of rotatable bonds is 6. The molecule has 19 heavy (non-hydrogen) atoms. The lowest BCUT2D eigenvalue weighted by Crippen LogP contribution is -2.16. The van der Waals surface area contributed by atoms with Crippen LogP contribution in [0.3, 0.4) is 0 Å². The first kappa shape index (κ1) is 13.4. The van der Waals surface area contributed by atoms with Crippen LogP contribution in [0.5, 0.6) is 0 Å². The molecule has 1 aromatic carbocycles. The van der Waals surface area contributed by atoms with Crippen molar-refractivity contribution in [2.24, 2.45) is 0 Å². The molecule has 6 heteroatoms. The molecular formula is C13H16N2O4. The van der Waals surface area contributed by atoms with Gasteiger partial charge in [0.1, 0.15) is 0 Å². The lowest BCUT2D eigenvalue weighted by molar-refractivity contribution is 0.0697. The number of H-pyrrole nitrogens is 1. The van der Waals surface area contributed by atoms with Crippen LogP contribution in [0.1, 0.15) is 23.2 Å². The molecule has 0 atom stereocenters. The van der Waals surface area contributed by atoms with Crippen molar-refractivity contribution in [1.82, 2.24) is 9.55 Å². The summed E-state index contributed by atoms with van der Waals surface area (Å²) in [5.74, 6) is -1.00. The van der Waals surface area contributed by atoms with Gasteiger partial charge in [0.25, 0.3) is 0 Å². The van der Waals surface area contributed by atoms with Crippen molar-refractivity contribution in [3.8, 4) is 0 Å². The molecule has 0 amide bonds. The Hall–Kier alpha value is -2.08. The fourth-order valence-corrected chi connectivity index (χ4v) is 2.03. The summed E-state index contributed by atoms with van der Waals surface area (Å²) < 4.78 is 6.58. The van der Waals surface area contributed by atoms with Gasteiger partial charge in [0.2, 0.25) is 0 Å². The van der Waals surface area contributed by atoms with Crippen LogP contribution >= 0.6 is 0 Å². The SMILES string of the molecule is COCCCCn1c(=O)[nH]c2cc(C(=O)O)ccc21. The molecule has 0 bridgehead atoms. The van der Waals surface area contributed by atoms with E-state index in [0.29, 0.717) is 18.7 Å². The smallest absolute Gasteiger partial charge is 0.335 e. The number of carbonyl (C=O) groups is 1. The molecule has 1 aromatic heterocycles. The van der Waals surface area contributed by atoms with Crippen LogP contribution in [0.4, 0.5) is 0 Å². The van der Waals surface area contributed by atoms with Gasteiger partial charge in [0.05, 0.1) is 16.6 Å². The minimum absolute atomic E-state index is 0.167. The average Bonchev–Trinajstić information content (AvgIpc) is 2.69. The number of aromatic amines is 1. The van der Waals surface area contributed by atoms with E-state index >= 15 is 0 Å². The van der Waals surface area contributed by atoms with Crippen molar-refractivity contribution in [1.29, 1.82) is 0 Å². The summed E-state index contributed by atoms with van der Waals surface area (Å²) in [6.45, 7) is 1.26. The van der Waals surface area contributed by atoms with Crippen LogP contribution in [0, 0.1) is 0 Å². The molecule has 0 radical (unpaired) electrons. The zero-order chi connectivity index (χ0) is 13.8. The van der Waals surface area contributed by atoms with Crippen molar-refractivity contribution in [2.75, 3.05) is 13.7 Å². The second-order valence-corrected chi connectivity index (χ2v) is 4.32. The standard InChI is InChI=1S/C13H16N2O4/c1-19-7-3-2-6-15-11-5-4-9(12(16)17)8-10(11)14-13(15)18/h4-5,8H,2-3,6-7H2,1H3,(H,14,18)(H,16,17). The monoisotopic (exact) mass is 264 g/mol. The number of aromatic carboxylic acids is 1. The number of unbranched alkanes of at least 4 members (excludes halogenated alkanes) is 1. The predicted octanol–water partition coefficient (Wildman–Crippen LogP) is 1.45. The fraction of sp³-hybridized carbons (Fsp3) is 0.385.